The van der Waals surface area contributed by atoms with Gasteiger partial charge in [0, 0.05) is 18.2 Å². The first kappa shape index (κ1) is 12.8. The highest BCUT2D eigenvalue weighted by Crippen LogP contribution is 2.42. The molecule has 0 amide bonds. The Kier molecular flexibility index (Phi) is 3.68. The normalized spacial score (nSPS) is 20.2. The second-order valence-electron chi connectivity index (χ2n) is 3.89. The van der Waals surface area contributed by atoms with Crippen LogP contribution in [0.1, 0.15) is 5.56 Å². The van der Waals surface area contributed by atoms with Gasteiger partial charge in [0.25, 0.3) is 0 Å². The molecule has 1 aromatic carbocycles. The fraction of sp³-hybridized carbons (Fsp3) is 0.455. The van der Waals surface area contributed by atoms with Gasteiger partial charge in [-0.1, -0.05) is 23.2 Å². The molecule has 6 heteroatoms. The molecule has 1 aliphatic heterocycles. The lowest BCUT2D eigenvalue weighted by atomic mass is 10.1. The Morgan fingerprint density at radius 1 is 1.59 bits per heavy atom. The van der Waals surface area contributed by atoms with Gasteiger partial charge in [-0.15, -0.1) is 0 Å². The Bertz CT molecular complexity index is 439. The maximum absolute atomic E-state index is 9.61. The number of rotatable bonds is 2. The molecule has 0 aliphatic carbocycles. The fourth-order valence-corrected chi connectivity index (χ4v) is 2.06. The van der Waals surface area contributed by atoms with Crippen molar-refractivity contribution in [2.24, 2.45) is 5.73 Å². The zero-order valence-corrected chi connectivity index (χ0v) is 10.8. The molecule has 1 aromatic rings. The molecule has 1 aliphatic rings. The van der Waals surface area contributed by atoms with E-state index in [-0.39, 0.29) is 13.2 Å². The van der Waals surface area contributed by atoms with E-state index in [1.807, 2.05) is 0 Å². The number of nitrogens with two attached hydrogens (primary N) is 1. The molecular formula is C11H13Cl2NO3. The highest BCUT2D eigenvalue weighted by molar-refractivity contribution is 6.42. The summed E-state index contributed by atoms with van der Waals surface area (Å²) >= 11 is 12.0. The minimum atomic E-state index is -0.766. The maximum Gasteiger partial charge on any atom is 0.165 e. The fourth-order valence-electron chi connectivity index (χ4n) is 1.68. The van der Waals surface area contributed by atoms with Crippen LogP contribution in [0.2, 0.25) is 10.0 Å². The van der Waals surface area contributed by atoms with Gasteiger partial charge in [-0.25, -0.2) is 0 Å². The summed E-state index contributed by atoms with van der Waals surface area (Å²) in [5.41, 5.74) is 6.11. The molecule has 0 saturated carbocycles. The van der Waals surface area contributed by atoms with E-state index >= 15 is 0 Å². The van der Waals surface area contributed by atoms with Gasteiger partial charge in [0.1, 0.15) is 12.7 Å². The van der Waals surface area contributed by atoms with Crippen LogP contribution < -0.4 is 15.2 Å². The third-order valence-corrected chi connectivity index (χ3v) is 3.58. The van der Waals surface area contributed by atoms with E-state index in [0.29, 0.717) is 21.5 Å². The van der Waals surface area contributed by atoms with Crippen LogP contribution in [0.5, 0.6) is 11.5 Å². The van der Waals surface area contributed by atoms with E-state index < -0.39 is 12.2 Å². The largest absolute Gasteiger partial charge is 0.485 e. The van der Waals surface area contributed by atoms with Crippen LogP contribution in [0.4, 0.5) is 0 Å². The Labute approximate surface area is 109 Å². The molecule has 0 bridgehead atoms. The molecule has 2 unspecified atom stereocenters. The third kappa shape index (κ3) is 2.31. The van der Waals surface area contributed by atoms with Crippen molar-refractivity contribution in [2.75, 3.05) is 13.2 Å². The van der Waals surface area contributed by atoms with Gasteiger partial charge >= 0.3 is 0 Å². The lowest BCUT2D eigenvalue weighted by Gasteiger charge is -2.30. The summed E-state index contributed by atoms with van der Waals surface area (Å²) in [6.45, 7) is 2.16. The minimum absolute atomic E-state index is 0.115. The number of fused-ring (bicyclic) bond motifs is 1. The smallest absolute Gasteiger partial charge is 0.165 e. The lowest BCUT2D eigenvalue weighted by molar-refractivity contribution is -0.00560. The van der Waals surface area contributed by atoms with Gasteiger partial charge in [-0.2, -0.15) is 0 Å². The molecule has 0 spiro atoms. The van der Waals surface area contributed by atoms with Crippen molar-refractivity contribution in [2.45, 2.75) is 19.1 Å². The van der Waals surface area contributed by atoms with Crippen molar-refractivity contribution >= 4 is 23.2 Å². The topological polar surface area (TPSA) is 64.7 Å². The summed E-state index contributed by atoms with van der Waals surface area (Å²) in [6, 6.07) is 1.58. The monoisotopic (exact) mass is 277 g/mol. The standard InChI is InChI=1S/C11H13Cl2NO3/c1-5-10(13)6(12)2-8-11(5)16-4-9(17-8)7(15)3-14/h2,7,9,15H,3-4,14H2,1H3. The second kappa shape index (κ2) is 4.90. The summed E-state index contributed by atoms with van der Waals surface area (Å²) in [5, 5.41) is 10.5. The third-order valence-electron chi connectivity index (χ3n) is 2.70. The number of ether oxygens (including phenoxy) is 2. The summed E-state index contributed by atoms with van der Waals surface area (Å²) in [4.78, 5) is 0. The SMILES string of the molecule is Cc1c(Cl)c(Cl)cc2c1OCC(C(O)CN)O2. The minimum Gasteiger partial charge on any atom is -0.485 e. The molecule has 0 radical (unpaired) electrons. The highest BCUT2D eigenvalue weighted by Gasteiger charge is 2.29. The van der Waals surface area contributed by atoms with Gasteiger partial charge in [-0.05, 0) is 6.92 Å². The predicted octanol–water partition coefficient (Wildman–Crippen LogP) is 1.76. The number of halogens is 2. The first-order chi connectivity index (χ1) is 8.04. The maximum atomic E-state index is 9.61. The zero-order chi connectivity index (χ0) is 12.6. The van der Waals surface area contributed by atoms with Crippen LogP contribution >= 0.6 is 23.2 Å². The van der Waals surface area contributed by atoms with Gasteiger partial charge in [0.15, 0.2) is 17.6 Å². The van der Waals surface area contributed by atoms with E-state index in [9.17, 15) is 5.11 Å². The first-order valence-electron chi connectivity index (χ1n) is 5.20. The van der Waals surface area contributed by atoms with Gasteiger partial charge in [0.05, 0.1) is 10.0 Å². The van der Waals surface area contributed by atoms with Crippen molar-refractivity contribution in [1.82, 2.24) is 0 Å². The number of benzene rings is 1. The molecule has 3 N–H and O–H groups in total. The molecule has 2 rings (SSSR count). The number of aliphatic hydroxyl groups excluding tert-OH is 1. The summed E-state index contributed by atoms with van der Waals surface area (Å²) in [7, 11) is 0. The molecule has 94 valence electrons. The highest BCUT2D eigenvalue weighted by atomic mass is 35.5. The van der Waals surface area contributed by atoms with Gasteiger partial charge in [-0.3, -0.25) is 0 Å². The van der Waals surface area contributed by atoms with Crippen molar-refractivity contribution in [3.63, 3.8) is 0 Å². The number of aliphatic hydroxyl groups is 1. The van der Waals surface area contributed by atoms with Crippen molar-refractivity contribution in [1.29, 1.82) is 0 Å². The molecule has 1 heterocycles. The molecular weight excluding hydrogens is 265 g/mol. The van der Waals surface area contributed by atoms with Crippen molar-refractivity contribution < 1.29 is 14.6 Å². The van der Waals surface area contributed by atoms with Crippen LogP contribution in [0.3, 0.4) is 0 Å². The van der Waals surface area contributed by atoms with E-state index in [2.05, 4.69) is 0 Å². The van der Waals surface area contributed by atoms with Gasteiger partial charge in [0.2, 0.25) is 0 Å². The zero-order valence-electron chi connectivity index (χ0n) is 9.24. The summed E-state index contributed by atoms with van der Waals surface area (Å²) in [5.74, 6) is 1.06. The van der Waals surface area contributed by atoms with E-state index in [4.69, 9.17) is 38.4 Å². The van der Waals surface area contributed by atoms with Crippen molar-refractivity contribution in [3.8, 4) is 11.5 Å². The molecule has 17 heavy (non-hydrogen) atoms. The average molecular weight is 278 g/mol. The summed E-state index contributed by atoms with van der Waals surface area (Å²) < 4.78 is 11.1. The molecule has 0 saturated heterocycles. The van der Waals surface area contributed by atoms with E-state index in [1.165, 1.54) is 0 Å². The average Bonchev–Trinajstić information content (AvgIpc) is 2.34. The summed E-state index contributed by atoms with van der Waals surface area (Å²) in [6.07, 6.45) is -1.25. The lowest BCUT2D eigenvalue weighted by Crippen LogP contribution is -2.43. The van der Waals surface area contributed by atoms with Crippen LogP contribution in [0.25, 0.3) is 0 Å². The number of hydrogen-bond acceptors (Lipinski definition) is 4. The van der Waals surface area contributed by atoms with Crippen LogP contribution in [-0.4, -0.2) is 30.5 Å². The van der Waals surface area contributed by atoms with Crippen LogP contribution in [0.15, 0.2) is 6.07 Å². The second-order valence-corrected chi connectivity index (χ2v) is 4.68. The Balaban J connectivity index is 2.33. The Hall–Kier alpha value is -0.680. The van der Waals surface area contributed by atoms with Crippen LogP contribution in [0, 0.1) is 6.92 Å². The first-order valence-corrected chi connectivity index (χ1v) is 5.96. The molecule has 0 aromatic heterocycles. The van der Waals surface area contributed by atoms with E-state index in [1.54, 1.807) is 13.0 Å². The molecule has 4 nitrogen and oxygen atoms in total. The molecule has 2 atom stereocenters. The van der Waals surface area contributed by atoms with Crippen molar-refractivity contribution in [3.05, 3.63) is 21.7 Å². The predicted molar refractivity (Wildman–Crippen MR) is 66.2 cm³/mol. The molecule has 0 fully saturated rings. The Morgan fingerprint density at radius 3 is 2.94 bits per heavy atom. The van der Waals surface area contributed by atoms with E-state index in [0.717, 1.165) is 5.56 Å². The Morgan fingerprint density at radius 2 is 2.29 bits per heavy atom. The number of hydrogen-bond donors (Lipinski definition) is 2. The quantitative estimate of drug-likeness (QED) is 0.865. The van der Waals surface area contributed by atoms with Crippen LogP contribution in [-0.2, 0) is 0 Å². The van der Waals surface area contributed by atoms with Gasteiger partial charge < -0.3 is 20.3 Å².